The Bertz CT molecular complexity index is 786. The number of benzene rings is 1. The summed E-state index contributed by atoms with van der Waals surface area (Å²) in [5.74, 6) is 1.58. The van der Waals surface area contributed by atoms with Crippen molar-refractivity contribution in [3.05, 3.63) is 42.0 Å². The topological polar surface area (TPSA) is 73.3 Å². The number of rotatable bonds is 5. The number of thiophene rings is 1. The van der Waals surface area contributed by atoms with Crippen LogP contribution < -0.4 is 14.8 Å². The van der Waals surface area contributed by atoms with Crippen molar-refractivity contribution in [1.29, 1.82) is 0 Å². The van der Waals surface area contributed by atoms with Gasteiger partial charge >= 0.3 is 0 Å². The molecule has 22 heavy (non-hydrogen) atoms. The summed E-state index contributed by atoms with van der Waals surface area (Å²) in [5.41, 5.74) is 0.862. The molecule has 1 N–H and O–H groups in total. The number of aromatic nitrogens is 2. The van der Waals surface area contributed by atoms with E-state index in [-0.39, 0.29) is 12.5 Å². The van der Waals surface area contributed by atoms with Gasteiger partial charge in [0.05, 0.1) is 5.52 Å². The number of hydrogen-bond acceptors (Lipinski definition) is 6. The first kappa shape index (κ1) is 14.3. The van der Waals surface area contributed by atoms with Gasteiger partial charge in [-0.25, -0.2) is 9.97 Å². The fourth-order valence-corrected chi connectivity index (χ4v) is 2.55. The highest BCUT2D eigenvalue weighted by Gasteiger charge is 2.07. The molecule has 7 heteroatoms. The molecule has 0 unspecified atom stereocenters. The lowest BCUT2D eigenvalue weighted by Gasteiger charge is -2.07. The summed E-state index contributed by atoms with van der Waals surface area (Å²) in [6.07, 6.45) is 1.48. The molecule has 0 spiro atoms. The quantitative estimate of drug-likeness (QED) is 0.783. The maximum atomic E-state index is 11.1. The lowest BCUT2D eigenvalue weighted by atomic mass is 10.3. The Morgan fingerprint density at radius 1 is 1.18 bits per heavy atom. The van der Waals surface area contributed by atoms with Crippen LogP contribution in [-0.2, 0) is 4.79 Å². The maximum absolute atomic E-state index is 11.1. The molecule has 0 atom stereocenters. The number of carbonyl (C=O) groups is 1. The van der Waals surface area contributed by atoms with E-state index in [0.29, 0.717) is 17.4 Å². The van der Waals surface area contributed by atoms with Gasteiger partial charge in [-0.05, 0) is 35.7 Å². The molecule has 1 amide bonds. The molecule has 0 aliphatic rings. The third-order valence-electron chi connectivity index (χ3n) is 2.90. The maximum Gasteiger partial charge on any atom is 0.257 e. The van der Waals surface area contributed by atoms with Crippen LogP contribution in [0.2, 0.25) is 0 Å². The number of ether oxygens (including phenoxy) is 2. The second-order valence-electron chi connectivity index (χ2n) is 4.35. The third kappa shape index (κ3) is 3.15. The minimum absolute atomic E-state index is 0.0154. The molecule has 0 saturated carbocycles. The molecule has 0 aliphatic heterocycles. The number of carbonyl (C=O) groups excluding carboxylic acids is 1. The fraction of sp³-hybridized carbons (Fsp3) is 0.133. The molecular formula is C15H13N3O3S. The zero-order valence-electron chi connectivity index (χ0n) is 11.8. The first-order valence-electron chi connectivity index (χ1n) is 6.56. The van der Waals surface area contributed by atoms with Crippen LogP contribution in [0, 0.1) is 0 Å². The van der Waals surface area contributed by atoms with Crippen molar-refractivity contribution in [2.75, 3.05) is 13.7 Å². The lowest BCUT2D eigenvalue weighted by molar-refractivity contribution is -0.122. The Labute approximate surface area is 130 Å². The number of amides is 1. The van der Waals surface area contributed by atoms with E-state index in [2.05, 4.69) is 15.3 Å². The van der Waals surface area contributed by atoms with Gasteiger partial charge in [0.25, 0.3) is 5.91 Å². The molecule has 0 bridgehead atoms. The Morgan fingerprint density at radius 3 is 2.73 bits per heavy atom. The summed E-state index contributed by atoms with van der Waals surface area (Å²) < 4.78 is 12.0. The normalized spacial score (nSPS) is 10.4. The summed E-state index contributed by atoms with van der Waals surface area (Å²) >= 11 is 1.53. The molecule has 0 aliphatic carbocycles. The molecule has 1 aromatic carbocycles. The lowest BCUT2D eigenvalue weighted by Crippen LogP contribution is -2.24. The molecule has 3 aromatic rings. The molecule has 6 nitrogen and oxygen atoms in total. The highest BCUT2D eigenvalue weighted by molar-refractivity contribution is 7.17. The van der Waals surface area contributed by atoms with Gasteiger partial charge < -0.3 is 14.8 Å². The first-order valence-corrected chi connectivity index (χ1v) is 7.44. The highest BCUT2D eigenvalue weighted by Crippen LogP contribution is 2.30. The van der Waals surface area contributed by atoms with Crippen molar-refractivity contribution in [1.82, 2.24) is 15.3 Å². The van der Waals surface area contributed by atoms with E-state index in [1.807, 2.05) is 11.4 Å². The number of fused-ring (bicyclic) bond motifs is 1. The van der Waals surface area contributed by atoms with Crippen LogP contribution in [0.15, 0.2) is 42.0 Å². The van der Waals surface area contributed by atoms with E-state index >= 15 is 0 Å². The van der Waals surface area contributed by atoms with Crippen molar-refractivity contribution in [2.45, 2.75) is 0 Å². The summed E-state index contributed by atoms with van der Waals surface area (Å²) in [7, 11) is 1.57. The van der Waals surface area contributed by atoms with Gasteiger partial charge in [0, 0.05) is 7.05 Å². The Hall–Kier alpha value is -2.67. The number of nitrogens with zero attached hydrogens (tertiary/aromatic N) is 2. The molecule has 3 rings (SSSR count). The Morgan fingerprint density at radius 2 is 1.95 bits per heavy atom. The van der Waals surface area contributed by atoms with Crippen LogP contribution in [0.4, 0.5) is 0 Å². The van der Waals surface area contributed by atoms with Crippen molar-refractivity contribution in [3.63, 3.8) is 0 Å². The minimum atomic E-state index is -0.179. The van der Waals surface area contributed by atoms with Gasteiger partial charge in [-0.3, -0.25) is 4.79 Å². The van der Waals surface area contributed by atoms with Crippen molar-refractivity contribution in [2.24, 2.45) is 0 Å². The van der Waals surface area contributed by atoms with Crippen LogP contribution in [0.3, 0.4) is 0 Å². The van der Waals surface area contributed by atoms with E-state index in [1.165, 1.54) is 17.7 Å². The zero-order valence-corrected chi connectivity index (χ0v) is 12.6. The minimum Gasteiger partial charge on any atom is -0.484 e. The molecule has 2 heterocycles. The average molecular weight is 315 g/mol. The van der Waals surface area contributed by atoms with Crippen LogP contribution in [0.25, 0.3) is 10.2 Å². The van der Waals surface area contributed by atoms with E-state index in [0.717, 1.165) is 10.2 Å². The fourth-order valence-electron chi connectivity index (χ4n) is 1.78. The van der Waals surface area contributed by atoms with E-state index in [1.54, 1.807) is 31.3 Å². The molecule has 0 fully saturated rings. The van der Waals surface area contributed by atoms with Gasteiger partial charge in [0.2, 0.25) is 5.88 Å². The molecule has 112 valence electrons. The van der Waals surface area contributed by atoms with Gasteiger partial charge in [-0.2, -0.15) is 0 Å². The van der Waals surface area contributed by atoms with Crippen LogP contribution >= 0.6 is 11.3 Å². The van der Waals surface area contributed by atoms with E-state index in [4.69, 9.17) is 9.47 Å². The summed E-state index contributed by atoms with van der Waals surface area (Å²) in [6, 6.07) is 8.93. The van der Waals surface area contributed by atoms with E-state index in [9.17, 15) is 4.79 Å². The predicted molar refractivity (Wildman–Crippen MR) is 83.5 cm³/mol. The highest BCUT2D eigenvalue weighted by atomic mass is 32.1. The van der Waals surface area contributed by atoms with Gasteiger partial charge in [0.1, 0.15) is 22.5 Å². The summed E-state index contributed by atoms with van der Waals surface area (Å²) in [4.78, 5) is 19.4. The van der Waals surface area contributed by atoms with Crippen molar-refractivity contribution >= 4 is 27.5 Å². The van der Waals surface area contributed by atoms with Crippen LogP contribution in [0.1, 0.15) is 0 Å². The number of likely N-dealkylation sites (N-methyl/N-ethyl adjacent to an activating group) is 1. The summed E-state index contributed by atoms with van der Waals surface area (Å²) in [6.45, 7) is -0.0154. The second-order valence-corrected chi connectivity index (χ2v) is 5.27. The summed E-state index contributed by atoms with van der Waals surface area (Å²) in [5, 5.41) is 4.44. The molecule has 0 saturated heterocycles. The van der Waals surface area contributed by atoms with Crippen LogP contribution in [0.5, 0.6) is 17.4 Å². The number of hydrogen-bond donors (Lipinski definition) is 1. The first-order chi connectivity index (χ1) is 10.8. The monoisotopic (exact) mass is 315 g/mol. The predicted octanol–water partition coefficient (Wildman–Crippen LogP) is 2.61. The zero-order chi connectivity index (χ0) is 15.4. The average Bonchev–Trinajstić information content (AvgIpc) is 3.03. The standard InChI is InChI=1S/C15H13N3O3S/c1-16-13(19)8-20-10-2-4-11(5-3-10)21-15-14-12(6-7-22-14)17-9-18-15/h2-7,9H,8H2,1H3,(H,16,19). The van der Waals surface area contributed by atoms with Crippen molar-refractivity contribution < 1.29 is 14.3 Å². The van der Waals surface area contributed by atoms with Gasteiger partial charge in [-0.15, -0.1) is 11.3 Å². The molecular weight excluding hydrogens is 302 g/mol. The van der Waals surface area contributed by atoms with Gasteiger partial charge in [0.15, 0.2) is 6.61 Å². The van der Waals surface area contributed by atoms with Crippen molar-refractivity contribution in [3.8, 4) is 17.4 Å². The van der Waals surface area contributed by atoms with Crippen LogP contribution in [-0.4, -0.2) is 29.5 Å². The largest absolute Gasteiger partial charge is 0.484 e. The number of nitrogens with one attached hydrogen (secondary N) is 1. The molecule has 0 radical (unpaired) electrons. The Kier molecular flexibility index (Phi) is 4.15. The second kappa shape index (κ2) is 6.40. The van der Waals surface area contributed by atoms with Gasteiger partial charge in [-0.1, -0.05) is 0 Å². The smallest absolute Gasteiger partial charge is 0.257 e. The third-order valence-corrected chi connectivity index (χ3v) is 3.79. The molecule has 2 aromatic heterocycles. The Balaban J connectivity index is 1.71. The van der Waals surface area contributed by atoms with E-state index < -0.39 is 0 Å². The SMILES string of the molecule is CNC(=O)COc1ccc(Oc2ncnc3ccsc23)cc1.